The standard InChI is InChI=1S/C28H31ClN4O4/c1-16-12-17(2)33-27(30-16)31-25(32-33)14-22-24(35)15-28(37-26(22)36,20-6-4-5-7-20)11-10-19-8-9-21(18(3)34)23(29)13-19/h8-9,12-13,20,35H,4-7,10-11,14-15H2,1-3H3. The second-order valence-corrected chi connectivity index (χ2v) is 10.8. The first-order valence-electron chi connectivity index (χ1n) is 12.8. The molecular weight excluding hydrogens is 492 g/mol. The highest BCUT2D eigenvalue weighted by molar-refractivity contribution is 6.33. The molecule has 9 heteroatoms. The van der Waals surface area contributed by atoms with Crippen LogP contribution in [-0.2, 0) is 22.4 Å². The van der Waals surface area contributed by atoms with Gasteiger partial charge in [0.2, 0.25) is 0 Å². The molecule has 2 aromatic heterocycles. The van der Waals surface area contributed by atoms with Crippen LogP contribution >= 0.6 is 11.6 Å². The normalized spacial score (nSPS) is 20.6. The molecule has 1 N–H and O–H groups in total. The number of halogens is 1. The Hall–Kier alpha value is -3.26. The van der Waals surface area contributed by atoms with Gasteiger partial charge in [-0.15, -0.1) is 5.10 Å². The van der Waals surface area contributed by atoms with Gasteiger partial charge in [-0.1, -0.05) is 30.5 Å². The highest BCUT2D eigenvalue weighted by atomic mass is 35.5. The van der Waals surface area contributed by atoms with E-state index >= 15 is 0 Å². The first-order valence-corrected chi connectivity index (χ1v) is 13.2. The maximum atomic E-state index is 13.3. The molecule has 8 nitrogen and oxygen atoms in total. The summed E-state index contributed by atoms with van der Waals surface area (Å²) in [6.45, 7) is 5.30. The molecule has 37 heavy (non-hydrogen) atoms. The summed E-state index contributed by atoms with van der Waals surface area (Å²) >= 11 is 6.33. The molecule has 0 spiro atoms. The third-order valence-corrected chi connectivity index (χ3v) is 8.02. The maximum absolute atomic E-state index is 13.3. The van der Waals surface area contributed by atoms with Crippen LogP contribution in [0.3, 0.4) is 0 Å². The van der Waals surface area contributed by atoms with Crippen molar-refractivity contribution in [2.45, 2.75) is 77.7 Å². The van der Waals surface area contributed by atoms with Gasteiger partial charge in [0.05, 0.1) is 10.6 Å². The molecule has 0 saturated heterocycles. The maximum Gasteiger partial charge on any atom is 0.338 e. The predicted molar refractivity (Wildman–Crippen MR) is 139 cm³/mol. The van der Waals surface area contributed by atoms with E-state index in [9.17, 15) is 14.7 Å². The SMILES string of the molecule is CC(=O)c1ccc(CCC2(C3CCCC3)CC(O)=C(Cc3nc4nc(C)cc(C)n4n3)C(=O)O2)cc1Cl. The van der Waals surface area contributed by atoms with Gasteiger partial charge in [-0.2, -0.15) is 4.98 Å². The summed E-state index contributed by atoms with van der Waals surface area (Å²) < 4.78 is 7.86. The number of aliphatic hydroxyl groups excluding tert-OH is 1. The van der Waals surface area contributed by atoms with Gasteiger partial charge in [-0.05, 0) is 76.1 Å². The van der Waals surface area contributed by atoms with Crippen LogP contribution < -0.4 is 0 Å². The number of hydrogen-bond acceptors (Lipinski definition) is 7. The number of carbonyl (C=O) groups excluding carboxylic acids is 2. The van der Waals surface area contributed by atoms with Crippen LogP contribution in [0.1, 0.15) is 78.6 Å². The molecular formula is C28H31ClN4O4. The Bertz CT molecular complexity index is 1420. The van der Waals surface area contributed by atoms with Crippen LogP contribution in [0.4, 0.5) is 0 Å². The summed E-state index contributed by atoms with van der Waals surface area (Å²) in [7, 11) is 0. The molecule has 1 aliphatic carbocycles. The molecule has 1 fully saturated rings. The molecule has 194 valence electrons. The molecule has 1 saturated carbocycles. The fourth-order valence-electron chi connectivity index (χ4n) is 5.78. The summed E-state index contributed by atoms with van der Waals surface area (Å²) in [6, 6.07) is 7.35. The molecule has 3 heterocycles. The number of cyclic esters (lactones) is 1. The molecule has 1 atom stereocenters. The zero-order valence-corrected chi connectivity index (χ0v) is 22.1. The Kier molecular flexibility index (Phi) is 6.79. The number of Topliss-reactive ketones (excluding diaryl/α,β-unsaturated/α-hetero) is 1. The summed E-state index contributed by atoms with van der Waals surface area (Å²) in [5.74, 6) is 0.507. The molecule has 1 aromatic carbocycles. The van der Waals surface area contributed by atoms with E-state index in [1.807, 2.05) is 26.0 Å². The van der Waals surface area contributed by atoms with Crippen LogP contribution in [0.2, 0.25) is 5.02 Å². The number of aromatic nitrogens is 4. The van der Waals surface area contributed by atoms with Crippen LogP contribution in [0.25, 0.3) is 5.78 Å². The number of aryl methyl sites for hydroxylation is 3. The highest BCUT2D eigenvalue weighted by Gasteiger charge is 2.48. The molecule has 1 unspecified atom stereocenters. The van der Waals surface area contributed by atoms with E-state index in [1.165, 1.54) is 6.92 Å². The van der Waals surface area contributed by atoms with Gasteiger partial charge in [-0.25, -0.2) is 14.3 Å². The van der Waals surface area contributed by atoms with Crippen molar-refractivity contribution in [3.8, 4) is 0 Å². The van der Waals surface area contributed by atoms with E-state index in [0.29, 0.717) is 35.0 Å². The monoisotopic (exact) mass is 522 g/mol. The average molecular weight is 523 g/mol. The van der Waals surface area contributed by atoms with E-state index in [0.717, 1.165) is 42.6 Å². The lowest BCUT2D eigenvalue weighted by Crippen LogP contribution is -2.46. The van der Waals surface area contributed by atoms with Crippen LogP contribution in [0.5, 0.6) is 0 Å². The number of nitrogens with zero attached hydrogens (tertiary/aromatic N) is 4. The van der Waals surface area contributed by atoms with Crippen LogP contribution in [0, 0.1) is 19.8 Å². The molecule has 5 rings (SSSR count). The van der Waals surface area contributed by atoms with E-state index in [1.54, 1.807) is 16.6 Å². The number of fused-ring (bicyclic) bond motifs is 1. The van der Waals surface area contributed by atoms with Gasteiger partial charge in [-0.3, -0.25) is 4.79 Å². The average Bonchev–Trinajstić information content (AvgIpc) is 3.51. The smallest absolute Gasteiger partial charge is 0.338 e. The van der Waals surface area contributed by atoms with E-state index in [4.69, 9.17) is 16.3 Å². The Morgan fingerprint density at radius 3 is 2.65 bits per heavy atom. The Labute approximate surface area is 220 Å². The van der Waals surface area contributed by atoms with E-state index in [-0.39, 0.29) is 35.9 Å². The van der Waals surface area contributed by atoms with Crippen LogP contribution in [0.15, 0.2) is 35.6 Å². The fourth-order valence-corrected chi connectivity index (χ4v) is 6.12. The first-order chi connectivity index (χ1) is 17.6. The van der Waals surface area contributed by atoms with E-state index < -0.39 is 11.6 Å². The summed E-state index contributed by atoms with van der Waals surface area (Å²) in [6.07, 6.45) is 5.59. The Morgan fingerprint density at radius 2 is 1.97 bits per heavy atom. The topological polar surface area (TPSA) is 107 Å². The molecule has 0 amide bonds. The number of carbonyl (C=O) groups is 2. The zero-order chi connectivity index (χ0) is 26.3. The molecule has 0 radical (unpaired) electrons. The van der Waals surface area contributed by atoms with Gasteiger partial charge < -0.3 is 9.84 Å². The summed E-state index contributed by atoms with van der Waals surface area (Å²) in [4.78, 5) is 33.9. The predicted octanol–water partition coefficient (Wildman–Crippen LogP) is 5.46. The highest BCUT2D eigenvalue weighted by Crippen LogP contribution is 2.46. The van der Waals surface area contributed by atoms with Gasteiger partial charge in [0, 0.05) is 29.8 Å². The number of aliphatic hydroxyl groups is 1. The summed E-state index contributed by atoms with van der Waals surface area (Å²) in [5.41, 5.74) is 2.60. The van der Waals surface area contributed by atoms with Gasteiger partial charge in [0.1, 0.15) is 11.4 Å². The molecule has 1 aliphatic heterocycles. The zero-order valence-electron chi connectivity index (χ0n) is 21.4. The number of hydrogen-bond donors (Lipinski definition) is 1. The molecule has 3 aromatic rings. The van der Waals surface area contributed by atoms with Crippen molar-refractivity contribution in [1.82, 2.24) is 19.6 Å². The third kappa shape index (κ3) is 4.99. The van der Waals surface area contributed by atoms with E-state index in [2.05, 4.69) is 15.1 Å². The second-order valence-electron chi connectivity index (χ2n) is 10.4. The number of ether oxygens (including phenoxy) is 1. The van der Waals surface area contributed by atoms with Crippen molar-refractivity contribution >= 4 is 29.1 Å². The van der Waals surface area contributed by atoms with Crippen molar-refractivity contribution < 1.29 is 19.4 Å². The third-order valence-electron chi connectivity index (χ3n) is 7.70. The lowest BCUT2D eigenvalue weighted by atomic mass is 9.76. The fraction of sp³-hybridized carbons (Fsp3) is 0.464. The van der Waals surface area contributed by atoms with Gasteiger partial charge in [0.25, 0.3) is 5.78 Å². The number of benzene rings is 1. The van der Waals surface area contributed by atoms with Crippen LogP contribution in [-0.4, -0.2) is 42.0 Å². The first kappa shape index (κ1) is 25.4. The second kappa shape index (κ2) is 9.89. The van der Waals surface area contributed by atoms with Crippen molar-refractivity contribution in [2.75, 3.05) is 0 Å². The Balaban J connectivity index is 1.40. The minimum Gasteiger partial charge on any atom is -0.512 e. The molecule has 2 aliphatic rings. The molecule has 0 bridgehead atoms. The minimum absolute atomic E-state index is 0.0489. The van der Waals surface area contributed by atoms with Crippen molar-refractivity contribution in [3.05, 3.63) is 69.0 Å². The minimum atomic E-state index is -0.783. The lowest BCUT2D eigenvalue weighted by Gasteiger charge is -2.41. The lowest BCUT2D eigenvalue weighted by molar-refractivity contribution is -0.167. The van der Waals surface area contributed by atoms with Crippen molar-refractivity contribution in [1.29, 1.82) is 0 Å². The quantitative estimate of drug-likeness (QED) is 0.324. The number of rotatable bonds is 7. The van der Waals surface area contributed by atoms with Crippen molar-refractivity contribution in [2.24, 2.45) is 5.92 Å². The van der Waals surface area contributed by atoms with Crippen molar-refractivity contribution in [3.63, 3.8) is 0 Å². The van der Waals surface area contributed by atoms with Gasteiger partial charge >= 0.3 is 5.97 Å². The Morgan fingerprint density at radius 1 is 1.22 bits per heavy atom. The largest absolute Gasteiger partial charge is 0.512 e. The number of esters is 1. The number of ketones is 1. The summed E-state index contributed by atoms with van der Waals surface area (Å²) in [5, 5.41) is 16.1. The van der Waals surface area contributed by atoms with Gasteiger partial charge in [0.15, 0.2) is 11.6 Å².